The van der Waals surface area contributed by atoms with Gasteiger partial charge in [0.25, 0.3) is 0 Å². The van der Waals surface area contributed by atoms with Crippen molar-refractivity contribution < 1.29 is 4.92 Å². The largest absolute Gasteiger partial charge is 0.384 e. The van der Waals surface area contributed by atoms with Crippen LogP contribution in [-0.2, 0) is 6.54 Å². The van der Waals surface area contributed by atoms with Crippen LogP contribution in [0.3, 0.4) is 0 Å². The lowest BCUT2D eigenvalue weighted by atomic mass is 10.1. The highest BCUT2D eigenvalue weighted by Gasteiger charge is 2.19. The van der Waals surface area contributed by atoms with Gasteiger partial charge in [0.2, 0.25) is 5.82 Å². The number of hydrogen-bond acceptors (Lipinski definition) is 5. The molecule has 1 heterocycles. The standard InChI is InChI=1S/C14H16N4O2/c1-10-3-5-11(6-4-10)9-17(2)14-12(18(19)20)7-8-13(15)16-14/h3-8H,9H2,1-2H3,(H2,15,16). The number of aryl methyl sites for hydroxylation is 1. The van der Waals surface area contributed by atoms with E-state index in [1.165, 1.54) is 17.7 Å². The number of hydrogen-bond donors (Lipinski definition) is 1. The molecule has 0 unspecified atom stereocenters. The van der Waals surface area contributed by atoms with E-state index in [1.807, 2.05) is 31.2 Å². The highest BCUT2D eigenvalue weighted by Crippen LogP contribution is 2.27. The number of nitrogen functional groups attached to an aromatic ring is 1. The van der Waals surface area contributed by atoms with Crippen molar-refractivity contribution in [3.05, 3.63) is 57.6 Å². The Kier molecular flexibility index (Phi) is 3.84. The van der Waals surface area contributed by atoms with Gasteiger partial charge in [-0.1, -0.05) is 29.8 Å². The third kappa shape index (κ3) is 3.03. The Morgan fingerprint density at radius 2 is 1.90 bits per heavy atom. The molecular weight excluding hydrogens is 256 g/mol. The van der Waals surface area contributed by atoms with Gasteiger partial charge in [-0.2, -0.15) is 0 Å². The zero-order valence-electron chi connectivity index (χ0n) is 11.4. The van der Waals surface area contributed by atoms with Crippen molar-refractivity contribution in [2.24, 2.45) is 0 Å². The molecule has 0 saturated carbocycles. The molecule has 0 aliphatic heterocycles. The molecule has 0 fully saturated rings. The molecule has 0 radical (unpaired) electrons. The predicted molar refractivity (Wildman–Crippen MR) is 78.6 cm³/mol. The maximum absolute atomic E-state index is 11.0. The van der Waals surface area contributed by atoms with Crippen molar-refractivity contribution in [1.82, 2.24) is 4.98 Å². The highest BCUT2D eigenvalue weighted by atomic mass is 16.6. The molecule has 6 heteroatoms. The summed E-state index contributed by atoms with van der Waals surface area (Å²) in [5.41, 5.74) is 7.79. The average molecular weight is 272 g/mol. The van der Waals surface area contributed by atoms with Gasteiger partial charge in [0, 0.05) is 19.7 Å². The van der Waals surface area contributed by atoms with E-state index in [0.29, 0.717) is 6.54 Å². The van der Waals surface area contributed by atoms with Crippen LogP contribution in [0, 0.1) is 17.0 Å². The number of aromatic nitrogens is 1. The van der Waals surface area contributed by atoms with Gasteiger partial charge < -0.3 is 10.6 Å². The molecule has 2 aromatic rings. The highest BCUT2D eigenvalue weighted by molar-refractivity contribution is 5.60. The molecule has 2 rings (SSSR count). The normalized spacial score (nSPS) is 10.3. The van der Waals surface area contributed by atoms with Gasteiger partial charge in [0.1, 0.15) is 5.82 Å². The van der Waals surface area contributed by atoms with Crippen LogP contribution in [0.2, 0.25) is 0 Å². The van der Waals surface area contributed by atoms with Crippen LogP contribution in [0.4, 0.5) is 17.3 Å². The van der Waals surface area contributed by atoms with Gasteiger partial charge >= 0.3 is 5.69 Å². The molecule has 0 aliphatic rings. The van der Waals surface area contributed by atoms with Gasteiger partial charge in [-0.05, 0) is 18.6 Å². The van der Waals surface area contributed by atoms with Gasteiger partial charge in [0.15, 0.2) is 0 Å². The summed E-state index contributed by atoms with van der Waals surface area (Å²) < 4.78 is 0. The Balaban J connectivity index is 2.28. The van der Waals surface area contributed by atoms with Gasteiger partial charge in [-0.25, -0.2) is 4.98 Å². The molecular formula is C14H16N4O2. The van der Waals surface area contributed by atoms with Crippen molar-refractivity contribution >= 4 is 17.3 Å². The van der Waals surface area contributed by atoms with Crippen molar-refractivity contribution in [1.29, 1.82) is 0 Å². The first-order valence-electron chi connectivity index (χ1n) is 6.15. The first-order chi connectivity index (χ1) is 9.47. The first kappa shape index (κ1) is 13.8. The SMILES string of the molecule is Cc1ccc(CN(C)c2nc(N)ccc2[N+](=O)[O-])cc1. The Labute approximate surface area is 117 Å². The number of nitrogens with zero attached hydrogens (tertiary/aromatic N) is 3. The molecule has 1 aromatic heterocycles. The Morgan fingerprint density at radius 3 is 2.50 bits per heavy atom. The van der Waals surface area contributed by atoms with Crippen molar-refractivity contribution in [2.75, 3.05) is 17.7 Å². The number of nitro groups is 1. The summed E-state index contributed by atoms with van der Waals surface area (Å²) >= 11 is 0. The van der Waals surface area contributed by atoms with E-state index in [-0.39, 0.29) is 17.3 Å². The maximum atomic E-state index is 11.0. The minimum absolute atomic E-state index is 0.0474. The average Bonchev–Trinajstić information content (AvgIpc) is 2.41. The topological polar surface area (TPSA) is 85.3 Å². The number of pyridine rings is 1. The zero-order chi connectivity index (χ0) is 14.7. The van der Waals surface area contributed by atoms with E-state index in [4.69, 9.17) is 5.73 Å². The summed E-state index contributed by atoms with van der Waals surface area (Å²) in [6.07, 6.45) is 0. The zero-order valence-corrected chi connectivity index (χ0v) is 11.4. The molecule has 0 atom stereocenters. The van der Waals surface area contributed by atoms with E-state index in [2.05, 4.69) is 4.98 Å². The molecule has 2 N–H and O–H groups in total. The monoisotopic (exact) mass is 272 g/mol. The Hall–Kier alpha value is -2.63. The minimum atomic E-state index is -0.451. The molecule has 0 bridgehead atoms. The van der Waals surface area contributed by atoms with Crippen LogP contribution < -0.4 is 10.6 Å². The molecule has 0 saturated heterocycles. The molecule has 0 amide bonds. The van der Waals surface area contributed by atoms with Gasteiger partial charge in [0.05, 0.1) is 4.92 Å². The molecule has 1 aromatic carbocycles. The molecule has 6 nitrogen and oxygen atoms in total. The van der Waals surface area contributed by atoms with E-state index < -0.39 is 4.92 Å². The van der Waals surface area contributed by atoms with Crippen molar-refractivity contribution in [2.45, 2.75) is 13.5 Å². The summed E-state index contributed by atoms with van der Waals surface area (Å²) in [6, 6.07) is 10.8. The molecule has 0 spiro atoms. The first-order valence-corrected chi connectivity index (χ1v) is 6.15. The summed E-state index contributed by atoms with van der Waals surface area (Å²) in [7, 11) is 1.76. The maximum Gasteiger partial charge on any atom is 0.311 e. The Morgan fingerprint density at radius 1 is 1.25 bits per heavy atom. The number of benzene rings is 1. The molecule has 20 heavy (non-hydrogen) atoms. The fourth-order valence-corrected chi connectivity index (χ4v) is 1.92. The Bertz CT molecular complexity index is 626. The molecule has 104 valence electrons. The van der Waals surface area contributed by atoms with E-state index in [9.17, 15) is 10.1 Å². The summed E-state index contributed by atoms with van der Waals surface area (Å²) in [5, 5.41) is 11.0. The second kappa shape index (κ2) is 5.56. The van der Waals surface area contributed by atoms with E-state index in [1.54, 1.807) is 11.9 Å². The van der Waals surface area contributed by atoms with Gasteiger partial charge in [-0.3, -0.25) is 10.1 Å². The quantitative estimate of drug-likeness (QED) is 0.682. The summed E-state index contributed by atoms with van der Waals surface area (Å²) in [6.45, 7) is 2.54. The molecule has 0 aliphatic carbocycles. The fourth-order valence-electron chi connectivity index (χ4n) is 1.92. The third-order valence-electron chi connectivity index (χ3n) is 2.97. The third-order valence-corrected chi connectivity index (χ3v) is 2.97. The van der Waals surface area contributed by atoms with E-state index in [0.717, 1.165) is 5.56 Å². The fraction of sp³-hybridized carbons (Fsp3) is 0.214. The summed E-state index contributed by atoms with van der Waals surface area (Å²) in [5.74, 6) is 0.539. The van der Waals surface area contributed by atoms with Crippen LogP contribution in [-0.4, -0.2) is 17.0 Å². The lowest BCUT2D eigenvalue weighted by molar-refractivity contribution is -0.384. The summed E-state index contributed by atoms with van der Waals surface area (Å²) in [4.78, 5) is 16.4. The van der Waals surface area contributed by atoms with Gasteiger partial charge in [-0.15, -0.1) is 0 Å². The predicted octanol–water partition coefficient (Wildman–Crippen LogP) is 2.52. The lowest BCUT2D eigenvalue weighted by Gasteiger charge is -2.18. The van der Waals surface area contributed by atoms with Crippen LogP contribution in [0.1, 0.15) is 11.1 Å². The number of anilines is 2. The van der Waals surface area contributed by atoms with Crippen molar-refractivity contribution in [3.8, 4) is 0 Å². The second-order valence-corrected chi connectivity index (χ2v) is 4.68. The van der Waals surface area contributed by atoms with Crippen LogP contribution in [0.15, 0.2) is 36.4 Å². The van der Waals surface area contributed by atoms with E-state index >= 15 is 0 Å². The number of nitrogens with two attached hydrogens (primary N) is 1. The van der Waals surface area contributed by atoms with Crippen molar-refractivity contribution in [3.63, 3.8) is 0 Å². The van der Waals surface area contributed by atoms with Crippen LogP contribution in [0.25, 0.3) is 0 Å². The minimum Gasteiger partial charge on any atom is -0.384 e. The van der Waals surface area contributed by atoms with Crippen LogP contribution in [0.5, 0.6) is 0 Å². The smallest absolute Gasteiger partial charge is 0.311 e. The van der Waals surface area contributed by atoms with Crippen LogP contribution >= 0.6 is 0 Å². The second-order valence-electron chi connectivity index (χ2n) is 4.68. The number of rotatable bonds is 4. The lowest BCUT2D eigenvalue weighted by Crippen LogP contribution is -2.19.